The zero-order valence-corrected chi connectivity index (χ0v) is 36.6. The van der Waals surface area contributed by atoms with E-state index in [1.807, 2.05) is 0 Å². The Kier molecular flexibility index (Phi) is 15.5. The first-order valence-electron chi connectivity index (χ1n) is 22.9. The fourth-order valence-electron chi connectivity index (χ4n) is 13.9. The molecular weight excluding hydrogens is 778 g/mol. The molecule has 12 aliphatic carbocycles. The van der Waals surface area contributed by atoms with Crippen LogP contribution in [-0.4, -0.2) is 38.3 Å². The second-order valence-corrected chi connectivity index (χ2v) is 21.1. The summed E-state index contributed by atoms with van der Waals surface area (Å²) in [6, 6.07) is 0. The molecule has 0 saturated heterocycles. The van der Waals surface area contributed by atoms with E-state index in [1.54, 1.807) is 0 Å². The Labute approximate surface area is 365 Å². The Morgan fingerprint density at radius 2 is 0.424 bits per heavy atom. The molecule has 59 heavy (non-hydrogen) atoms. The Morgan fingerprint density at radius 1 is 0.322 bits per heavy atom. The van der Waals surface area contributed by atoms with E-state index >= 15 is 0 Å². The minimum absolute atomic E-state index is 0. The van der Waals surface area contributed by atoms with Crippen molar-refractivity contribution < 1.29 is 22.2 Å². The molecule has 319 valence electrons. The normalized spacial score (nSPS) is 43.6. The third kappa shape index (κ3) is 11.1. The van der Waals surface area contributed by atoms with E-state index in [0.29, 0.717) is 0 Å². The monoisotopic (exact) mass is 843 g/mol. The van der Waals surface area contributed by atoms with Gasteiger partial charge in [0, 0.05) is 133 Å². The van der Waals surface area contributed by atoms with Crippen LogP contribution < -0.4 is 0 Å². The van der Waals surface area contributed by atoms with Crippen molar-refractivity contribution in [2.45, 2.75) is 226 Å². The fraction of sp³-hybridized carbons (Fsp3) is 0.875. The van der Waals surface area contributed by atoms with Crippen molar-refractivity contribution in [2.24, 2.45) is 35.5 Å². The predicted molar refractivity (Wildman–Crippen MR) is 226 cm³/mol. The molecule has 0 aromatic heterocycles. The van der Waals surface area contributed by atoms with E-state index in [4.69, 9.17) is 54.8 Å². The maximum Gasteiger partial charge on any atom is 0.232 e. The molecule has 12 saturated carbocycles. The first kappa shape index (κ1) is 46.7. The fourth-order valence-corrected chi connectivity index (χ4v) is 13.9. The van der Waals surface area contributed by atoms with Crippen LogP contribution in [0.15, 0.2) is 0 Å². The molecule has 12 fully saturated rings. The SMILES string of the molecule is O=[N+]([O-])[O-].[C-]#[N+]C12CCC(CC1)C2.[C-]#[N+]C12CCC(CC1)C2.[C-]#[N+]C12CCC(CC1)C2.[C-]#[N+]C12CCC(CC1)C2.[C-]#[N+]C12CCC(CC1)C2.[C-]#[N+]C12CCC(CC1)C2.[Mn]. The maximum atomic E-state index is 8.25. The Hall–Kier alpha value is -3.34. The summed E-state index contributed by atoms with van der Waals surface area (Å²) in [5.41, 5.74) is 0.861. The van der Waals surface area contributed by atoms with Crippen LogP contribution in [0.1, 0.15) is 193 Å². The molecular formula is C48H66MnN7O3-. The quantitative estimate of drug-likeness (QED) is 0.105. The van der Waals surface area contributed by atoms with Crippen LogP contribution in [0.3, 0.4) is 0 Å². The largest absolute Gasteiger partial charge is 0.356 e. The average molecular weight is 844 g/mol. The molecule has 0 atom stereocenters. The maximum absolute atomic E-state index is 8.25. The zero-order chi connectivity index (χ0) is 41.5. The van der Waals surface area contributed by atoms with E-state index in [2.05, 4.69) is 29.1 Å². The van der Waals surface area contributed by atoms with Crippen LogP contribution in [0.2, 0.25) is 0 Å². The molecule has 0 aliphatic heterocycles. The molecule has 0 aromatic rings. The van der Waals surface area contributed by atoms with Crippen molar-refractivity contribution in [3.63, 3.8) is 0 Å². The van der Waals surface area contributed by atoms with Gasteiger partial charge in [0.1, 0.15) is 0 Å². The van der Waals surface area contributed by atoms with Crippen LogP contribution in [0.5, 0.6) is 0 Å². The van der Waals surface area contributed by atoms with Crippen LogP contribution in [0.25, 0.3) is 29.1 Å². The minimum Gasteiger partial charge on any atom is -0.356 e. The van der Waals surface area contributed by atoms with Gasteiger partial charge in [0.2, 0.25) is 33.2 Å². The van der Waals surface area contributed by atoms with Gasteiger partial charge in [0.05, 0.1) is 5.09 Å². The summed E-state index contributed by atoms with van der Waals surface area (Å²) in [6.45, 7) is 42.0. The second kappa shape index (κ2) is 19.6. The summed E-state index contributed by atoms with van der Waals surface area (Å²) in [5.74, 6) is 5.58. The number of rotatable bonds is 0. The molecule has 0 heterocycles. The molecule has 11 heteroatoms. The van der Waals surface area contributed by atoms with Gasteiger partial charge in [-0.2, -0.15) is 0 Å². The molecule has 1 radical (unpaired) electrons. The predicted octanol–water partition coefficient (Wildman–Crippen LogP) is 13.2. The molecule has 0 amide bonds. The molecule has 0 spiro atoms. The smallest absolute Gasteiger partial charge is 0.232 e. The summed E-state index contributed by atoms with van der Waals surface area (Å²) >= 11 is 0. The molecule has 10 nitrogen and oxygen atoms in total. The van der Waals surface area contributed by atoms with Crippen LogP contribution in [0.4, 0.5) is 0 Å². The topological polar surface area (TPSA) is 92.4 Å². The van der Waals surface area contributed by atoms with E-state index in [-0.39, 0.29) is 50.3 Å². The zero-order valence-electron chi connectivity index (χ0n) is 35.4. The summed E-state index contributed by atoms with van der Waals surface area (Å²) in [4.78, 5) is 30.6. The number of fused-ring (bicyclic) bond motifs is 12. The van der Waals surface area contributed by atoms with Crippen molar-refractivity contribution in [3.8, 4) is 0 Å². The Balaban J connectivity index is 0.000000132. The van der Waals surface area contributed by atoms with Crippen LogP contribution >= 0.6 is 0 Å². The first-order chi connectivity index (χ1) is 27.8. The van der Waals surface area contributed by atoms with Gasteiger partial charge in [0.15, 0.2) is 0 Å². The van der Waals surface area contributed by atoms with E-state index in [0.717, 1.165) is 35.5 Å². The third-order valence-corrected chi connectivity index (χ3v) is 17.7. The van der Waals surface area contributed by atoms with Crippen molar-refractivity contribution >= 4 is 0 Å². The second-order valence-electron chi connectivity index (χ2n) is 21.1. The van der Waals surface area contributed by atoms with Crippen molar-refractivity contribution in [1.29, 1.82) is 0 Å². The van der Waals surface area contributed by atoms with E-state index in [1.165, 1.54) is 193 Å². The minimum atomic E-state index is -1.75. The first-order valence-corrected chi connectivity index (χ1v) is 22.9. The van der Waals surface area contributed by atoms with Crippen LogP contribution in [0, 0.1) is 90.3 Å². The summed E-state index contributed by atoms with van der Waals surface area (Å²) in [7, 11) is 0. The van der Waals surface area contributed by atoms with Gasteiger partial charge in [-0.05, 0) is 113 Å². The summed E-state index contributed by atoms with van der Waals surface area (Å²) in [6.07, 6.45) is 37.7. The van der Waals surface area contributed by atoms with Crippen molar-refractivity contribution in [1.82, 2.24) is 0 Å². The molecule has 12 bridgehead atoms. The standard InChI is InChI=1S/6C8H11N.Mn.NO3/c6*1-9-8-4-2-7(6-8)3-5-8;;2-1(3)4/h6*7H,2-6H2;;/q;;;;;;;-1. The van der Waals surface area contributed by atoms with Crippen LogP contribution in [-0.2, 0) is 17.1 Å². The van der Waals surface area contributed by atoms with Gasteiger partial charge in [-0.3, -0.25) is 0 Å². The molecule has 12 aliphatic rings. The van der Waals surface area contributed by atoms with Gasteiger partial charge < -0.3 is 44.4 Å². The van der Waals surface area contributed by atoms with Crippen molar-refractivity contribution in [3.05, 3.63) is 83.8 Å². The number of hydrogen-bond donors (Lipinski definition) is 0. The molecule has 12 rings (SSSR count). The van der Waals surface area contributed by atoms with Gasteiger partial charge in [-0.15, -0.1) is 0 Å². The summed E-state index contributed by atoms with van der Waals surface area (Å²) < 4.78 is 0. The van der Waals surface area contributed by atoms with E-state index in [9.17, 15) is 0 Å². The number of hydrogen-bond acceptors (Lipinski definition) is 3. The third-order valence-electron chi connectivity index (χ3n) is 17.7. The van der Waals surface area contributed by atoms with Gasteiger partial charge >= 0.3 is 0 Å². The average Bonchev–Trinajstić information content (AvgIpc) is 4.13. The molecule has 0 N–H and O–H groups in total. The molecule has 0 aromatic carbocycles. The number of nitrogens with zero attached hydrogens (tertiary/aromatic N) is 7. The van der Waals surface area contributed by atoms with Gasteiger partial charge in [0.25, 0.3) is 0 Å². The molecule has 0 unspecified atom stereocenters. The van der Waals surface area contributed by atoms with Gasteiger partial charge in [-0.25, -0.2) is 39.4 Å². The summed E-state index contributed by atoms with van der Waals surface area (Å²) in [5, 5.41) is 14.8. The Bertz CT molecular complexity index is 1380. The Morgan fingerprint density at radius 3 is 0.458 bits per heavy atom. The van der Waals surface area contributed by atoms with Crippen molar-refractivity contribution in [2.75, 3.05) is 0 Å². The van der Waals surface area contributed by atoms with E-state index < -0.39 is 5.09 Å². The van der Waals surface area contributed by atoms with Gasteiger partial charge in [-0.1, -0.05) is 0 Å².